The molecule has 1 saturated heterocycles. The van der Waals surface area contributed by atoms with Crippen molar-refractivity contribution < 1.29 is 4.74 Å². The van der Waals surface area contributed by atoms with Crippen LogP contribution in [0.25, 0.3) is 0 Å². The molecule has 1 fully saturated rings. The van der Waals surface area contributed by atoms with E-state index in [0.29, 0.717) is 6.10 Å². The number of nitrogens with one attached hydrogen (secondary N) is 1. The number of amidine groups is 1. The van der Waals surface area contributed by atoms with Crippen LogP contribution in [-0.2, 0) is 4.74 Å². The number of piperidine rings is 1. The Morgan fingerprint density at radius 1 is 1.35 bits per heavy atom. The van der Waals surface area contributed by atoms with Crippen molar-refractivity contribution in [3.63, 3.8) is 0 Å². The van der Waals surface area contributed by atoms with E-state index in [9.17, 15) is 0 Å². The van der Waals surface area contributed by atoms with Gasteiger partial charge in [-0.25, -0.2) is 0 Å². The van der Waals surface area contributed by atoms with E-state index in [-0.39, 0.29) is 5.84 Å². The van der Waals surface area contributed by atoms with Crippen molar-refractivity contribution in [2.75, 3.05) is 25.1 Å². The van der Waals surface area contributed by atoms with Crippen LogP contribution in [0.2, 0.25) is 0 Å². The van der Waals surface area contributed by atoms with Gasteiger partial charge in [0.2, 0.25) is 0 Å². The van der Waals surface area contributed by atoms with Crippen molar-refractivity contribution in [2.24, 2.45) is 5.73 Å². The van der Waals surface area contributed by atoms with Gasteiger partial charge in [-0.15, -0.1) is 0 Å². The summed E-state index contributed by atoms with van der Waals surface area (Å²) in [7, 11) is 1.77. The van der Waals surface area contributed by atoms with Crippen LogP contribution in [0.3, 0.4) is 0 Å². The fourth-order valence-electron chi connectivity index (χ4n) is 2.31. The van der Waals surface area contributed by atoms with Gasteiger partial charge in [-0.05, 0) is 25.0 Å². The van der Waals surface area contributed by atoms with E-state index in [0.717, 1.165) is 37.2 Å². The molecular formula is C13H19N3O. The predicted octanol–water partition coefficient (Wildman–Crippen LogP) is 1.59. The minimum atomic E-state index is 0.134. The van der Waals surface area contributed by atoms with Gasteiger partial charge in [0, 0.05) is 31.5 Å². The molecule has 0 saturated carbocycles. The highest BCUT2D eigenvalue weighted by atomic mass is 16.5. The Bertz CT molecular complexity index is 397. The second-order valence-electron chi connectivity index (χ2n) is 4.35. The average Bonchev–Trinajstić information content (AvgIpc) is 2.39. The molecule has 0 amide bonds. The third-order valence-corrected chi connectivity index (χ3v) is 3.31. The highest BCUT2D eigenvalue weighted by molar-refractivity contribution is 6.00. The minimum absolute atomic E-state index is 0.134. The Hall–Kier alpha value is -1.55. The molecule has 3 N–H and O–H groups in total. The van der Waals surface area contributed by atoms with Crippen LogP contribution in [0, 0.1) is 5.41 Å². The highest BCUT2D eigenvalue weighted by Gasteiger charge is 2.20. The fraction of sp³-hybridized carbons (Fsp3) is 0.462. The Labute approximate surface area is 102 Å². The number of para-hydroxylation sites is 1. The van der Waals surface area contributed by atoms with Crippen molar-refractivity contribution in [1.82, 2.24) is 0 Å². The molecule has 2 rings (SSSR count). The van der Waals surface area contributed by atoms with Crippen molar-refractivity contribution >= 4 is 11.5 Å². The van der Waals surface area contributed by atoms with Crippen LogP contribution < -0.4 is 10.6 Å². The molecule has 0 unspecified atom stereocenters. The summed E-state index contributed by atoms with van der Waals surface area (Å²) < 4.78 is 5.36. The summed E-state index contributed by atoms with van der Waals surface area (Å²) in [6.07, 6.45) is 2.43. The zero-order valence-corrected chi connectivity index (χ0v) is 10.1. The first-order valence-electron chi connectivity index (χ1n) is 5.93. The second kappa shape index (κ2) is 5.19. The van der Waals surface area contributed by atoms with Crippen molar-refractivity contribution in [3.05, 3.63) is 29.8 Å². The number of ether oxygens (including phenoxy) is 1. The predicted molar refractivity (Wildman–Crippen MR) is 69.7 cm³/mol. The maximum Gasteiger partial charge on any atom is 0.124 e. The van der Waals surface area contributed by atoms with Gasteiger partial charge in [0.05, 0.1) is 6.10 Å². The van der Waals surface area contributed by atoms with Gasteiger partial charge in [-0.3, -0.25) is 5.41 Å². The molecule has 4 heteroatoms. The largest absolute Gasteiger partial charge is 0.384 e. The molecule has 17 heavy (non-hydrogen) atoms. The monoisotopic (exact) mass is 233 g/mol. The van der Waals surface area contributed by atoms with Gasteiger partial charge in [0.15, 0.2) is 0 Å². The average molecular weight is 233 g/mol. The third-order valence-electron chi connectivity index (χ3n) is 3.31. The lowest BCUT2D eigenvalue weighted by Crippen LogP contribution is -2.37. The molecule has 0 aliphatic carbocycles. The quantitative estimate of drug-likeness (QED) is 0.615. The Balaban J connectivity index is 2.15. The Kier molecular flexibility index (Phi) is 3.64. The molecule has 1 heterocycles. The third kappa shape index (κ3) is 2.58. The molecule has 0 bridgehead atoms. The molecule has 92 valence electrons. The number of benzene rings is 1. The summed E-state index contributed by atoms with van der Waals surface area (Å²) >= 11 is 0. The summed E-state index contributed by atoms with van der Waals surface area (Å²) in [4.78, 5) is 2.28. The molecule has 0 radical (unpaired) electrons. The zero-order valence-electron chi connectivity index (χ0n) is 10.1. The summed E-state index contributed by atoms with van der Waals surface area (Å²) in [5, 5.41) is 7.60. The van der Waals surface area contributed by atoms with Crippen molar-refractivity contribution in [2.45, 2.75) is 18.9 Å². The van der Waals surface area contributed by atoms with E-state index >= 15 is 0 Å². The number of methoxy groups -OCH3 is 1. The number of nitrogen functional groups attached to an aromatic ring is 1. The minimum Gasteiger partial charge on any atom is -0.384 e. The van der Waals surface area contributed by atoms with Crippen molar-refractivity contribution in [1.29, 1.82) is 5.41 Å². The van der Waals surface area contributed by atoms with Gasteiger partial charge >= 0.3 is 0 Å². The molecule has 1 aliphatic heterocycles. The first-order chi connectivity index (χ1) is 8.22. The van der Waals surface area contributed by atoms with Crippen LogP contribution >= 0.6 is 0 Å². The SMILES string of the molecule is COC1CCN(c2ccccc2C(=N)N)CC1. The van der Waals surface area contributed by atoms with Gasteiger partial charge in [0.1, 0.15) is 5.84 Å². The van der Waals surface area contributed by atoms with E-state index in [1.54, 1.807) is 7.11 Å². The van der Waals surface area contributed by atoms with Gasteiger partial charge in [-0.2, -0.15) is 0 Å². The van der Waals surface area contributed by atoms with Gasteiger partial charge in [0.25, 0.3) is 0 Å². The number of nitrogens with zero attached hydrogens (tertiary/aromatic N) is 1. The molecule has 1 aliphatic rings. The first-order valence-corrected chi connectivity index (χ1v) is 5.93. The zero-order chi connectivity index (χ0) is 12.3. The van der Waals surface area contributed by atoms with Crippen LogP contribution in [0.4, 0.5) is 5.69 Å². The summed E-state index contributed by atoms with van der Waals surface area (Å²) in [6, 6.07) is 7.84. The maximum atomic E-state index is 7.60. The number of anilines is 1. The van der Waals surface area contributed by atoms with Crippen LogP contribution in [0.5, 0.6) is 0 Å². The number of nitrogens with two attached hydrogens (primary N) is 1. The summed E-state index contributed by atoms with van der Waals surface area (Å²) in [5.74, 6) is 0.134. The van der Waals surface area contributed by atoms with Crippen molar-refractivity contribution in [3.8, 4) is 0 Å². The number of hydrogen-bond acceptors (Lipinski definition) is 3. The summed E-state index contributed by atoms with van der Waals surface area (Å²) in [5.41, 5.74) is 7.49. The fourth-order valence-corrected chi connectivity index (χ4v) is 2.31. The van der Waals surface area contributed by atoms with E-state index in [1.807, 2.05) is 24.3 Å². The van der Waals surface area contributed by atoms with E-state index in [4.69, 9.17) is 15.9 Å². The van der Waals surface area contributed by atoms with Crippen LogP contribution in [0.15, 0.2) is 24.3 Å². The Morgan fingerprint density at radius 2 is 2.00 bits per heavy atom. The Morgan fingerprint density at radius 3 is 2.59 bits per heavy atom. The first kappa shape index (κ1) is 11.9. The lowest BCUT2D eigenvalue weighted by Gasteiger charge is -2.34. The molecule has 4 nitrogen and oxygen atoms in total. The lowest BCUT2D eigenvalue weighted by atomic mass is 10.0. The van der Waals surface area contributed by atoms with Gasteiger partial charge in [-0.1, -0.05) is 12.1 Å². The second-order valence-corrected chi connectivity index (χ2v) is 4.35. The van der Waals surface area contributed by atoms with E-state index in [2.05, 4.69) is 4.90 Å². The molecule has 1 aromatic carbocycles. The maximum absolute atomic E-state index is 7.60. The highest BCUT2D eigenvalue weighted by Crippen LogP contribution is 2.24. The smallest absolute Gasteiger partial charge is 0.124 e. The standard InChI is InChI=1S/C13H19N3O/c1-17-10-6-8-16(9-7-10)12-5-3-2-4-11(12)13(14)15/h2-5,10H,6-9H2,1H3,(H3,14,15). The molecule has 1 aromatic rings. The molecule has 0 aromatic heterocycles. The van der Waals surface area contributed by atoms with E-state index < -0.39 is 0 Å². The topological polar surface area (TPSA) is 62.3 Å². The van der Waals surface area contributed by atoms with E-state index in [1.165, 1.54) is 0 Å². The number of rotatable bonds is 3. The van der Waals surface area contributed by atoms with Crippen LogP contribution in [-0.4, -0.2) is 32.1 Å². The molecule has 0 spiro atoms. The van der Waals surface area contributed by atoms with Gasteiger partial charge < -0.3 is 15.4 Å². The molecular weight excluding hydrogens is 214 g/mol. The summed E-state index contributed by atoms with van der Waals surface area (Å²) in [6.45, 7) is 1.92. The number of hydrogen-bond donors (Lipinski definition) is 2. The lowest BCUT2D eigenvalue weighted by molar-refractivity contribution is 0.0819. The normalized spacial score (nSPS) is 17.1. The van der Waals surface area contributed by atoms with Crippen LogP contribution in [0.1, 0.15) is 18.4 Å². The molecule has 0 atom stereocenters.